The van der Waals surface area contributed by atoms with Gasteiger partial charge in [0.15, 0.2) is 0 Å². The van der Waals surface area contributed by atoms with Gasteiger partial charge in [-0.05, 0) is 55.9 Å². The van der Waals surface area contributed by atoms with E-state index in [1.807, 2.05) is 50.8 Å². The van der Waals surface area contributed by atoms with Crippen molar-refractivity contribution < 1.29 is 14.6 Å². The monoisotopic (exact) mass is 482 g/mol. The van der Waals surface area contributed by atoms with Gasteiger partial charge in [0.05, 0.1) is 22.2 Å². The zero-order chi connectivity index (χ0) is 21.1. The van der Waals surface area contributed by atoms with Crippen LogP contribution in [-0.4, -0.2) is 46.5 Å². The van der Waals surface area contributed by atoms with Crippen LogP contribution < -0.4 is 0 Å². The minimum absolute atomic E-state index is 0.189. The Morgan fingerprint density at radius 2 is 2.03 bits per heavy atom. The lowest BCUT2D eigenvalue weighted by molar-refractivity contribution is 0.0527. The molecule has 0 unspecified atom stereocenters. The lowest BCUT2D eigenvalue weighted by Gasteiger charge is -2.21. The number of hydrogen-bond acceptors (Lipinski definition) is 5. The van der Waals surface area contributed by atoms with Crippen molar-refractivity contribution in [2.45, 2.75) is 56.6 Å². The number of carbonyl (C=O) groups is 1. The van der Waals surface area contributed by atoms with Crippen LogP contribution in [0.3, 0.4) is 0 Å². The van der Waals surface area contributed by atoms with Gasteiger partial charge >= 0.3 is 5.97 Å². The lowest BCUT2D eigenvalue weighted by atomic mass is 10.0. The molecule has 0 spiro atoms. The fourth-order valence-electron chi connectivity index (χ4n) is 4.17. The van der Waals surface area contributed by atoms with Crippen molar-refractivity contribution in [1.29, 1.82) is 0 Å². The number of aromatic nitrogens is 1. The molecule has 0 aliphatic heterocycles. The van der Waals surface area contributed by atoms with Crippen LogP contribution in [0.1, 0.15) is 60.6 Å². The van der Waals surface area contributed by atoms with Crippen molar-refractivity contribution in [2.75, 3.05) is 20.7 Å². The summed E-state index contributed by atoms with van der Waals surface area (Å²) in [5.74, 6) is 0.650. The van der Waals surface area contributed by atoms with E-state index in [4.69, 9.17) is 4.74 Å². The summed E-state index contributed by atoms with van der Waals surface area (Å²) in [4.78, 5) is 15.0. The molecule has 0 saturated heterocycles. The van der Waals surface area contributed by atoms with Gasteiger partial charge < -0.3 is 19.3 Å². The van der Waals surface area contributed by atoms with Gasteiger partial charge in [-0.2, -0.15) is 11.8 Å². The number of aromatic hydroxyl groups is 1. The van der Waals surface area contributed by atoms with E-state index in [9.17, 15) is 9.90 Å². The fourth-order valence-corrected chi connectivity index (χ4v) is 6.02. The van der Waals surface area contributed by atoms with Gasteiger partial charge in [-0.15, -0.1) is 0 Å². The van der Waals surface area contributed by atoms with Gasteiger partial charge in [-0.1, -0.05) is 19.3 Å². The first kappa shape index (κ1) is 22.5. The van der Waals surface area contributed by atoms with E-state index in [0.717, 1.165) is 27.9 Å². The Balaban J connectivity index is 2.14. The summed E-state index contributed by atoms with van der Waals surface area (Å²) in [7, 11) is 5.92. The number of aryl methyl sites for hydroxylation is 1. The van der Waals surface area contributed by atoms with Gasteiger partial charge in [0.1, 0.15) is 5.75 Å². The van der Waals surface area contributed by atoms with Gasteiger partial charge in [-0.25, -0.2) is 4.79 Å². The van der Waals surface area contributed by atoms with E-state index in [-0.39, 0.29) is 11.7 Å². The second-order valence-electron chi connectivity index (χ2n) is 7.99. The molecule has 0 amide bonds. The van der Waals surface area contributed by atoms with Crippen molar-refractivity contribution in [1.82, 2.24) is 9.47 Å². The van der Waals surface area contributed by atoms with E-state index in [1.54, 1.807) is 0 Å². The summed E-state index contributed by atoms with van der Waals surface area (Å²) in [5, 5.41) is 12.2. The van der Waals surface area contributed by atoms with Crippen molar-refractivity contribution >= 4 is 44.6 Å². The molecule has 1 heterocycles. The standard InChI is InChI=1S/C22H31BrN2O3S/c1-5-28-22(27)20-18(13-29-14-9-7-6-8-10-14)25(4)17-11-16(23)21(26)15(19(17)20)12-24(2)3/h11,14,26H,5-10,12-13H2,1-4H3. The SMILES string of the molecule is CCOC(=O)c1c(CSC2CCCCC2)n(C)c2cc(Br)c(O)c(CN(C)C)c12. The Morgan fingerprint density at radius 3 is 2.66 bits per heavy atom. The molecule has 1 fully saturated rings. The van der Waals surface area contributed by atoms with Crippen LogP contribution in [-0.2, 0) is 24.1 Å². The van der Waals surface area contributed by atoms with Crippen molar-refractivity contribution in [2.24, 2.45) is 7.05 Å². The first-order valence-corrected chi connectivity index (χ1v) is 12.1. The smallest absolute Gasteiger partial charge is 0.340 e. The highest BCUT2D eigenvalue weighted by Gasteiger charge is 2.28. The average molecular weight is 483 g/mol. The Morgan fingerprint density at radius 1 is 1.34 bits per heavy atom. The Kier molecular flexibility index (Phi) is 7.57. The third-order valence-corrected chi connectivity index (χ3v) is 7.59. The number of thioether (sulfide) groups is 1. The molecule has 0 bridgehead atoms. The maximum atomic E-state index is 13.0. The number of benzene rings is 1. The molecule has 7 heteroatoms. The molecule has 160 valence electrons. The highest BCUT2D eigenvalue weighted by molar-refractivity contribution is 9.10. The molecule has 0 atom stereocenters. The largest absolute Gasteiger partial charge is 0.506 e. The molecule has 1 saturated carbocycles. The van der Waals surface area contributed by atoms with E-state index < -0.39 is 0 Å². The molecule has 3 rings (SSSR count). The summed E-state index contributed by atoms with van der Waals surface area (Å²) in [6.07, 6.45) is 6.43. The normalized spacial score (nSPS) is 15.4. The number of nitrogens with zero attached hydrogens (tertiary/aromatic N) is 2. The number of ether oxygens (including phenoxy) is 1. The van der Waals surface area contributed by atoms with Crippen molar-refractivity contribution in [3.05, 3.63) is 27.4 Å². The molecule has 1 aromatic heterocycles. The van der Waals surface area contributed by atoms with E-state index >= 15 is 0 Å². The molecule has 1 N–H and O–H groups in total. The van der Waals surface area contributed by atoms with E-state index in [0.29, 0.717) is 28.4 Å². The first-order valence-electron chi connectivity index (χ1n) is 10.3. The van der Waals surface area contributed by atoms with Gasteiger partial charge in [0.2, 0.25) is 0 Å². The zero-order valence-electron chi connectivity index (χ0n) is 17.8. The van der Waals surface area contributed by atoms with Crippen molar-refractivity contribution in [3.8, 4) is 5.75 Å². The molecule has 29 heavy (non-hydrogen) atoms. The topological polar surface area (TPSA) is 54.7 Å². The third kappa shape index (κ3) is 4.78. The van der Waals surface area contributed by atoms with E-state index in [2.05, 4.69) is 20.5 Å². The van der Waals surface area contributed by atoms with Crippen LogP contribution in [0.15, 0.2) is 10.5 Å². The van der Waals surface area contributed by atoms with Gasteiger partial charge in [-0.3, -0.25) is 0 Å². The fraction of sp³-hybridized carbons (Fsp3) is 0.591. The molecular weight excluding hydrogens is 452 g/mol. The van der Waals surface area contributed by atoms with E-state index in [1.165, 1.54) is 32.1 Å². The Bertz CT molecular complexity index is 888. The molecule has 5 nitrogen and oxygen atoms in total. The summed E-state index contributed by atoms with van der Waals surface area (Å²) in [5.41, 5.74) is 3.28. The van der Waals surface area contributed by atoms with Crippen molar-refractivity contribution in [3.63, 3.8) is 0 Å². The Labute approximate surface area is 185 Å². The molecular formula is C22H31BrN2O3S. The summed E-state index contributed by atoms with van der Waals surface area (Å²) in [6, 6.07) is 1.90. The molecule has 0 radical (unpaired) electrons. The second kappa shape index (κ2) is 9.75. The Hall–Kier alpha value is -1.18. The minimum atomic E-state index is -0.306. The summed E-state index contributed by atoms with van der Waals surface area (Å²) < 4.78 is 8.18. The number of halogens is 1. The average Bonchev–Trinajstić information content (AvgIpc) is 2.96. The number of rotatable bonds is 7. The second-order valence-corrected chi connectivity index (χ2v) is 10.1. The number of fused-ring (bicyclic) bond motifs is 1. The van der Waals surface area contributed by atoms with Crippen LogP contribution in [0.25, 0.3) is 10.9 Å². The zero-order valence-corrected chi connectivity index (χ0v) is 20.2. The number of hydrogen-bond donors (Lipinski definition) is 1. The third-order valence-electron chi connectivity index (χ3n) is 5.60. The van der Waals surface area contributed by atoms with Crippen LogP contribution >= 0.6 is 27.7 Å². The van der Waals surface area contributed by atoms with Crippen LogP contribution in [0, 0.1) is 0 Å². The highest BCUT2D eigenvalue weighted by Crippen LogP contribution is 2.41. The number of carbonyl (C=O) groups excluding carboxylic acids is 1. The lowest BCUT2D eigenvalue weighted by Crippen LogP contribution is -2.13. The number of phenolic OH excluding ortho intramolecular Hbond substituents is 1. The van der Waals surface area contributed by atoms with Gasteiger partial charge in [0.25, 0.3) is 0 Å². The highest BCUT2D eigenvalue weighted by atomic mass is 79.9. The minimum Gasteiger partial charge on any atom is -0.506 e. The number of esters is 1. The summed E-state index contributed by atoms with van der Waals surface area (Å²) >= 11 is 5.44. The van der Waals surface area contributed by atoms with Gasteiger partial charge in [0, 0.05) is 41.2 Å². The maximum Gasteiger partial charge on any atom is 0.340 e. The number of phenols is 1. The first-order chi connectivity index (χ1) is 13.8. The predicted molar refractivity (Wildman–Crippen MR) is 124 cm³/mol. The van der Waals surface area contributed by atoms with Crippen LogP contribution in [0.2, 0.25) is 0 Å². The predicted octanol–water partition coefficient (Wildman–Crippen LogP) is 5.45. The molecule has 1 aliphatic rings. The summed E-state index contributed by atoms with van der Waals surface area (Å²) in [6.45, 7) is 2.69. The molecule has 1 aliphatic carbocycles. The maximum absolute atomic E-state index is 13.0. The molecule has 2 aromatic rings. The molecule has 1 aromatic carbocycles. The van der Waals surface area contributed by atoms with Crippen LogP contribution in [0.5, 0.6) is 5.75 Å². The quantitative estimate of drug-likeness (QED) is 0.531. The van der Waals surface area contributed by atoms with Crippen LogP contribution in [0.4, 0.5) is 0 Å².